The van der Waals surface area contributed by atoms with Gasteiger partial charge in [0.1, 0.15) is 0 Å². The van der Waals surface area contributed by atoms with E-state index in [1.807, 2.05) is 24.3 Å². The van der Waals surface area contributed by atoms with Gasteiger partial charge in [0, 0.05) is 6.04 Å². The van der Waals surface area contributed by atoms with E-state index in [2.05, 4.69) is 20.8 Å². The smallest absolute Gasteiger partial charge is 0.307 e. The maximum atomic E-state index is 10.8. The van der Waals surface area contributed by atoms with Crippen molar-refractivity contribution in [3.05, 3.63) is 35.4 Å². The molecule has 0 bridgehead atoms. The molecule has 3 heteroatoms. The van der Waals surface area contributed by atoms with Gasteiger partial charge in [-0.3, -0.25) is 4.79 Å². The molecule has 0 spiro atoms. The molecule has 1 atom stereocenters. The van der Waals surface area contributed by atoms with Crippen molar-refractivity contribution in [2.45, 2.75) is 33.2 Å². The summed E-state index contributed by atoms with van der Waals surface area (Å²) in [5.74, 6) is -0.825. The number of hydrogen-bond donors (Lipinski definition) is 2. The summed E-state index contributed by atoms with van der Waals surface area (Å²) in [6, 6.07) is 7.33. The van der Waals surface area contributed by atoms with E-state index >= 15 is 0 Å². The highest BCUT2D eigenvalue weighted by Gasteiger charge is 2.24. The van der Waals surface area contributed by atoms with Gasteiger partial charge in [-0.05, 0) is 16.5 Å². The maximum absolute atomic E-state index is 10.8. The van der Waals surface area contributed by atoms with E-state index in [1.165, 1.54) is 0 Å². The molecular formula is C13H19NO2. The van der Waals surface area contributed by atoms with E-state index in [9.17, 15) is 4.79 Å². The van der Waals surface area contributed by atoms with Gasteiger partial charge in [0.25, 0.3) is 0 Å². The first-order chi connectivity index (χ1) is 7.32. The molecule has 0 aliphatic carbocycles. The first-order valence-electron chi connectivity index (χ1n) is 5.37. The van der Waals surface area contributed by atoms with Crippen LogP contribution < -0.4 is 5.73 Å². The Hall–Kier alpha value is -1.35. The standard InChI is InChI=1S/C13H19NO2/c1-13(2,3)12(14)10-7-5-4-6-9(10)8-11(15)16/h4-7,12H,8,14H2,1-3H3,(H,15,16). The summed E-state index contributed by atoms with van der Waals surface area (Å²) in [6.45, 7) is 6.15. The third kappa shape index (κ3) is 3.07. The molecule has 1 aromatic rings. The largest absolute Gasteiger partial charge is 0.481 e. The molecule has 0 radical (unpaired) electrons. The minimum absolute atomic E-state index is 0.0277. The highest BCUT2D eigenvalue weighted by molar-refractivity contribution is 5.70. The average Bonchev–Trinajstić information content (AvgIpc) is 2.15. The summed E-state index contributed by atoms with van der Waals surface area (Å²) >= 11 is 0. The average molecular weight is 221 g/mol. The van der Waals surface area contributed by atoms with Crippen LogP contribution in [0.1, 0.15) is 37.9 Å². The van der Waals surface area contributed by atoms with Gasteiger partial charge in [0.05, 0.1) is 6.42 Å². The quantitative estimate of drug-likeness (QED) is 0.823. The predicted octanol–water partition coefficient (Wildman–Crippen LogP) is 2.36. The highest BCUT2D eigenvalue weighted by Crippen LogP contribution is 2.32. The van der Waals surface area contributed by atoms with Gasteiger partial charge in [-0.15, -0.1) is 0 Å². The zero-order valence-corrected chi connectivity index (χ0v) is 10.0. The lowest BCUT2D eigenvalue weighted by molar-refractivity contribution is -0.136. The lowest BCUT2D eigenvalue weighted by Crippen LogP contribution is -2.27. The second-order valence-electron chi connectivity index (χ2n) is 5.11. The fourth-order valence-corrected chi connectivity index (χ4v) is 1.63. The molecule has 88 valence electrons. The number of carbonyl (C=O) groups is 1. The molecule has 16 heavy (non-hydrogen) atoms. The summed E-state index contributed by atoms with van der Waals surface area (Å²) < 4.78 is 0. The Kier molecular flexibility index (Phi) is 3.70. The van der Waals surface area contributed by atoms with Crippen molar-refractivity contribution in [2.75, 3.05) is 0 Å². The zero-order chi connectivity index (χ0) is 12.3. The zero-order valence-electron chi connectivity index (χ0n) is 10.0. The Morgan fingerprint density at radius 2 is 1.94 bits per heavy atom. The molecule has 0 saturated heterocycles. The monoisotopic (exact) mass is 221 g/mol. The molecule has 0 aliphatic heterocycles. The number of hydrogen-bond acceptors (Lipinski definition) is 2. The van der Waals surface area contributed by atoms with Crippen LogP contribution in [0.4, 0.5) is 0 Å². The second kappa shape index (κ2) is 4.66. The Labute approximate surface area is 96.3 Å². The molecule has 1 rings (SSSR count). The minimum atomic E-state index is -0.825. The van der Waals surface area contributed by atoms with Gasteiger partial charge in [-0.1, -0.05) is 45.0 Å². The van der Waals surface area contributed by atoms with Crippen LogP contribution in [0.25, 0.3) is 0 Å². The molecule has 1 aromatic carbocycles. The van der Waals surface area contributed by atoms with Crippen molar-refractivity contribution in [3.63, 3.8) is 0 Å². The molecule has 0 amide bonds. The number of benzene rings is 1. The van der Waals surface area contributed by atoms with Gasteiger partial charge >= 0.3 is 5.97 Å². The lowest BCUT2D eigenvalue weighted by atomic mass is 9.81. The number of carboxylic acids is 1. The van der Waals surface area contributed by atoms with Crippen molar-refractivity contribution in [1.29, 1.82) is 0 Å². The normalized spacial score (nSPS) is 13.5. The predicted molar refractivity (Wildman–Crippen MR) is 64.2 cm³/mol. The van der Waals surface area contributed by atoms with E-state index in [-0.39, 0.29) is 17.9 Å². The van der Waals surface area contributed by atoms with E-state index in [1.54, 1.807) is 0 Å². The van der Waals surface area contributed by atoms with Crippen LogP contribution in [-0.2, 0) is 11.2 Å². The summed E-state index contributed by atoms with van der Waals surface area (Å²) in [7, 11) is 0. The highest BCUT2D eigenvalue weighted by atomic mass is 16.4. The van der Waals surface area contributed by atoms with Crippen LogP contribution in [0, 0.1) is 5.41 Å². The molecule has 0 fully saturated rings. The number of carboxylic acid groups (broad SMARTS) is 1. The van der Waals surface area contributed by atoms with Crippen molar-refractivity contribution in [2.24, 2.45) is 11.1 Å². The summed E-state index contributed by atoms with van der Waals surface area (Å²) in [5.41, 5.74) is 7.81. The number of aliphatic carboxylic acids is 1. The van der Waals surface area contributed by atoms with Gasteiger partial charge in [0.15, 0.2) is 0 Å². The SMILES string of the molecule is CC(C)(C)C(N)c1ccccc1CC(=O)O. The van der Waals surface area contributed by atoms with Crippen LogP contribution in [0.3, 0.4) is 0 Å². The first-order valence-corrected chi connectivity index (χ1v) is 5.37. The molecule has 3 nitrogen and oxygen atoms in total. The molecular weight excluding hydrogens is 202 g/mol. The van der Waals surface area contributed by atoms with Crippen LogP contribution in [-0.4, -0.2) is 11.1 Å². The lowest BCUT2D eigenvalue weighted by Gasteiger charge is -2.29. The van der Waals surface area contributed by atoms with E-state index < -0.39 is 5.97 Å². The molecule has 0 aromatic heterocycles. The maximum Gasteiger partial charge on any atom is 0.307 e. The van der Waals surface area contributed by atoms with Gasteiger partial charge in [-0.2, -0.15) is 0 Å². The topological polar surface area (TPSA) is 63.3 Å². The van der Waals surface area contributed by atoms with E-state index in [0.717, 1.165) is 11.1 Å². The fraction of sp³-hybridized carbons (Fsp3) is 0.462. The fourth-order valence-electron chi connectivity index (χ4n) is 1.63. The Morgan fingerprint density at radius 1 is 1.38 bits per heavy atom. The third-order valence-corrected chi connectivity index (χ3v) is 2.66. The minimum Gasteiger partial charge on any atom is -0.481 e. The van der Waals surface area contributed by atoms with Crippen LogP contribution in [0.5, 0.6) is 0 Å². The third-order valence-electron chi connectivity index (χ3n) is 2.66. The van der Waals surface area contributed by atoms with Crippen molar-refractivity contribution in [1.82, 2.24) is 0 Å². The van der Waals surface area contributed by atoms with Crippen molar-refractivity contribution >= 4 is 5.97 Å². The van der Waals surface area contributed by atoms with Crippen molar-refractivity contribution in [3.8, 4) is 0 Å². The Balaban J connectivity index is 3.08. The van der Waals surface area contributed by atoms with Crippen LogP contribution >= 0.6 is 0 Å². The molecule has 0 aliphatic rings. The van der Waals surface area contributed by atoms with E-state index in [4.69, 9.17) is 10.8 Å². The first kappa shape index (κ1) is 12.7. The van der Waals surface area contributed by atoms with Gasteiger partial charge in [0.2, 0.25) is 0 Å². The molecule has 0 heterocycles. The summed E-state index contributed by atoms with van der Waals surface area (Å²) in [4.78, 5) is 10.8. The number of rotatable bonds is 3. The van der Waals surface area contributed by atoms with E-state index in [0.29, 0.717) is 0 Å². The Morgan fingerprint density at radius 3 is 2.44 bits per heavy atom. The Bertz CT molecular complexity index is 380. The van der Waals surface area contributed by atoms with Crippen molar-refractivity contribution < 1.29 is 9.90 Å². The summed E-state index contributed by atoms with van der Waals surface area (Å²) in [6.07, 6.45) is 0.0277. The van der Waals surface area contributed by atoms with Crippen LogP contribution in [0.15, 0.2) is 24.3 Å². The molecule has 0 saturated carbocycles. The molecule has 3 N–H and O–H groups in total. The number of nitrogens with two attached hydrogens (primary N) is 1. The van der Waals surface area contributed by atoms with Gasteiger partial charge in [-0.25, -0.2) is 0 Å². The second-order valence-corrected chi connectivity index (χ2v) is 5.11. The van der Waals surface area contributed by atoms with Gasteiger partial charge < -0.3 is 10.8 Å². The molecule has 1 unspecified atom stereocenters. The summed E-state index contributed by atoms with van der Waals surface area (Å²) in [5, 5.41) is 8.84. The van der Waals surface area contributed by atoms with Crippen LogP contribution in [0.2, 0.25) is 0 Å².